The van der Waals surface area contributed by atoms with Crippen molar-refractivity contribution in [1.82, 2.24) is 9.97 Å². The van der Waals surface area contributed by atoms with Gasteiger partial charge in [-0.25, -0.2) is 9.78 Å². The number of aryl methyl sites for hydroxylation is 1. The summed E-state index contributed by atoms with van der Waals surface area (Å²) in [5, 5.41) is 6.19. The number of carbonyl (C=O) groups is 1. The van der Waals surface area contributed by atoms with Crippen molar-refractivity contribution in [3.63, 3.8) is 0 Å². The van der Waals surface area contributed by atoms with E-state index < -0.39 is 0 Å². The molecule has 1 fully saturated rings. The average molecular weight is 349 g/mol. The lowest BCUT2D eigenvalue weighted by molar-refractivity contribution is 0.0525. The van der Waals surface area contributed by atoms with Gasteiger partial charge in [0.05, 0.1) is 24.0 Å². The first-order chi connectivity index (χ1) is 11.6. The molecule has 0 radical (unpaired) electrons. The van der Waals surface area contributed by atoms with Gasteiger partial charge in [-0.1, -0.05) is 0 Å². The van der Waals surface area contributed by atoms with Gasteiger partial charge in [0.2, 0.25) is 0 Å². The highest BCUT2D eigenvalue weighted by atomic mass is 32.1. The fraction of sp³-hybridized carbons (Fsp3) is 0.529. The van der Waals surface area contributed by atoms with Gasteiger partial charge in [-0.2, -0.15) is 0 Å². The number of aromatic nitrogens is 2. The highest BCUT2D eigenvalue weighted by molar-refractivity contribution is 7.14. The van der Waals surface area contributed by atoms with Crippen LogP contribution in [-0.4, -0.2) is 41.8 Å². The Kier molecular flexibility index (Phi) is 5.20. The SMILES string of the molecule is CCOC(=O)c1c(C)[nH]c(-c2csc(NCC3CCCO3)n2)c1C. The molecule has 0 amide bonds. The number of aromatic amines is 1. The number of nitrogens with one attached hydrogen (secondary N) is 2. The molecule has 0 aliphatic carbocycles. The van der Waals surface area contributed by atoms with E-state index in [9.17, 15) is 4.79 Å². The molecule has 7 heteroatoms. The van der Waals surface area contributed by atoms with Crippen molar-refractivity contribution >= 4 is 22.4 Å². The van der Waals surface area contributed by atoms with Gasteiger partial charge >= 0.3 is 5.97 Å². The van der Waals surface area contributed by atoms with E-state index in [1.54, 1.807) is 11.3 Å². The summed E-state index contributed by atoms with van der Waals surface area (Å²) in [6.07, 6.45) is 2.51. The van der Waals surface area contributed by atoms with E-state index in [1.165, 1.54) is 0 Å². The normalized spacial score (nSPS) is 17.2. The van der Waals surface area contributed by atoms with Crippen molar-refractivity contribution in [2.75, 3.05) is 25.1 Å². The highest BCUT2D eigenvalue weighted by Gasteiger charge is 2.21. The van der Waals surface area contributed by atoms with Gasteiger partial charge in [-0.05, 0) is 39.2 Å². The standard InChI is InChI=1S/C17H23N3O3S/c1-4-22-16(21)14-10(2)15(19-11(14)3)13-9-24-17(20-13)18-8-12-6-5-7-23-12/h9,12,19H,4-8H2,1-3H3,(H,18,20). The molecule has 1 unspecified atom stereocenters. The molecular weight excluding hydrogens is 326 g/mol. The summed E-state index contributed by atoms with van der Waals surface area (Å²) < 4.78 is 10.7. The molecule has 130 valence electrons. The monoisotopic (exact) mass is 349 g/mol. The molecule has 3 heterocycles. The topological polar surface area (TPSA) is 76.2 Å². The van der Waals surface area contributed by atoms with Crippen molar-refractivity contribution in [3.8, 4) is 11.4 Å². The van der Waals surface area contributed by atoms with Crippen LogP contribution in [0.4, 0.5) is 5.13 Å². The maximum atomic E-state index is 12.1. The quantitative estimate of drug-likeness (QED) is 0.780. The second-order valence-electron chi connectivity index (χ2n) is 5.90. The third kappa shape index (κ3) is 3.47. The highest BCUT2D eigenvalue weighted by Crippen LogP contribution is 2.30. The summed E-state index contributed by atoms with van der Waals surface area (Å²) in [6.45, 7) is 7.61. The number of anilines is 1. The smallest absolute Gasteiger partial charge is 0.340 e. The van der Waals surface area contributed by atoms with Crippen molar-refractivity contribution in [2.24, 2.45) is 0 Å². The zero-order valence-corrected chi connectivity index (χ0v) is 15.1. The van der Waals surface area contributed by atoms with Gasteiger partial charge < -0.3 is 19.8 Å². The first-order valence-corrected chi connectivity index (χ1v) is 9.15. The van der Waals surface area contributed by atoms with E-state index in [4.69, 9.17) is 9.47 Å². The molecule has 2 aromatic rings. The first-order valence-electron chi connectivity index (χ1n) is 8.27. The van der Waals surface area contributed by atoms with Gasteiger partial charge in [0.1, 0.15) is 5.69 Å². The van der Waals surface area contributed by atoms with Crippen LogP contribution in [0.5, 0.6) is 0 Å². The van der Waals surface area contributed by atoms with Gasteiger partial charge in [-0.3, -0.25) is 0 Å². The number of nitrogens with zero attached hydrogens (tertiary/aromatic N) is 1. The molecular formula is C17H23N3O3S. The number of esters is 1. The number of thiazole rings is 1. The van der Waals surface area contributed by atoms with Crippen LogP contribution in [0.15, 0.2) is 5.38 Å². The summed E-state index contributed by atoms with van der Waals surface area (Å²) in [4.78, 5) is 20.0. The van der Waals surface area contributed by atoms with Crippen molar-refractivity contribution in [1.29, 1.82) is 0 Å². The summed E-state index contributed by atoms with van der Waals surface area (Å²) >= 11 is 1.56. The number of H-pyrrole nitrogens is 1. The minimum atomic E-state index is -0.290. The molecule has 1 saturated heterocycles. The van der Waals surface area contributed by atoms with Crippen LogP contribution in [0, 0.1) is 13.8 Å². The van der Waals surface area contributed by atoms with Gasteiger partial charge in [0.25, 0.3) is 0 Å². The van der Waals surface area contributed by atoms with Crippen LogP contribution in [0.25, 0.3) is 11.4 Å². The first kappa shape index (κ1) is 17.0. The van der Waals surface area contributed by atoms with Crippen LogP contribution in [0.1, 0.15) is 41.4 Å². The molecule has 3 rings (SSSR count). The number of hydrogen-bond acceptors (Lipinski definition) is 6. The Morgan fingerprint density at radius 3 is 3.08 bits per heavy atom. The molecule has 1 aliphatic heterocycles. The molecule has 24 heavy (non-hydrogen) atoms. The molecule has 1 aliphatic rings. The summed E-state index contributed by atoms with van der Waals surface area (Å²) in [6, 6.07) is 0. The Bertz CT molecular complexity index is 717. The van der Waals surface area contributed by atoms with Crippen LogP contribution >= 0.6 is 11.3 Å². The van der Waals surface area contributed by atoms with Crippen LogP contribution in [0.2, 0.25) is 0 Å². The van der Waals surface area contributed by atoms with Crippen molar-refractivity contribution < 1.29 is 14.3 Å². The molecule has 2 N–H and O–H groups in total. The minimum Gasteiger partial charge on any atom is -0.462 e. The molecule has 0 aromatic carbocycles. The minimum absolute atomic E-state index is 0.280. The third-order valence-electron chi connectivity index (χ3n) is 4.18. The van der Waals surface area contributed by atoms with Crippen molar-refractivity contribution in [2.45, 2.75) is 39.7 Å². The molecule has 6 nitrogen and oxygen atoms in total. The van der Waals surface area contributed by atoms with Crippen LogP contribution < -0.4 is 5.32 Å². The average Bonchev–Trinajstić information content (AvgIpc) is 3.26. The predicted octanol–water partition coefficient (Wildman–Crippen LogP) is 3.52. The molecule has 1 atom stereocenters. The van der Waals surface area contributed by atoms with Crippen molar-refractivity contribution in [3.05, 3.63) is 22.2 Å². The number of rotatable bonds is 6. The lowest BCUT2D eigenvalue weighted by atomic mass is 10.1. The second kappa shape index (κ2) is 7.36. The molecule has 0 bridgehead atoms. The number of carbonyl (C=O) groups excluding carboxylic acids is 1. The van der Waals surface area contributed by atoms with E-state index in [2.05, 4.69) is 15.3 Å². The van der Waals surface area contributed by atoms with E-state index in [0.29, 0.717) is 12.2 Å². The Hall–Kier alpha value is -1.86. The maximum absolute atomic E-state index is 12.1. The summed E-state index contributed by atoms with van der Waals surface area (Å²) in [5.41, 5.74) is 4.00. The van der Waals surface area contributed by atoms with E-state index in [-0.39, 0.29) is 12.1 Å². The maximum Gasteiger partial charge on any atom is 0.340 e. The Morgan fingerprint density at radius 1 is 1.54 bits per heavy atom. The predicted molar refractivity (Wildman–Crippen MR) is 94.8 cm³/mol. The van der Waals surface area contributed by atoms with Gasteiger partial charge in [0.15, 0.2) is 5.13 Å². The van der Waals surface area contributed by atoms with Crippen LogP contribution in [0.3, 0.4) is 0 Å². The fourth-order valence-electron chi connectivity index (χ4n) is 2.99. The molecule has 0 saturated carbocycles. The number of ether oxygens (including phenoxy) is 2. The van der Waals surface area contributed by atoms with E-state index in [0.717, 1.165) is 53.8 Å². The zero-order valence-electron chi connectivity index (χ0n) is 14.3. The number of hydrogen-bond donors (Lipinski definition) is 2. The van der Waals surface area contributed by atoms with Gasteiger partial charge in [0, 0.05) is 24.2 Å². The Morgan fingerprint density at radius 2 is 2.38 bits per heavy atom. The largest absolute Gasteiger partial charge is 0.462 e. The Balaban J connectivity index is 1.75. The third-order valence-corrected chi connectivity index (χ3v) is 4.98. The Labute approximate surface area is 145 Å². The lowest BCUT2D eigenvalue weighted by Crippen LogP contribution is -2.18. The fourth-order valence-corrected chi connectivity index (χ4v) is 3.70. The summed E-state index contributed by atoms with van der Waals surface area (Å²) in [7, 11) is 0. The van der Waals surface area contributed by atoms with E-state index in [1.807, 2.05) is 26.2 Å². The molecule has 2 aromatic heterocycles. The molecule has 0 spiro atoms. The zero-order chi connectivity index (χ0) is 17.1. The second-order valence-corrected chi connectivity index (χ2v) is 6.76. The van der Waals surface area contributed by atoms with E-state index >= 15 is 0 Å². The van der Waals surface area contributed by atoms with Crippen LogP contribution in [-0.2, 0) is 9.47 Å². The van der Waals surface area contributed by atoms with Gasteiger partial charge in [-0.15, -0.1) is 11.3 Å². The lowest BCUT2D eigenvalue weighted by Gasteiger charge is -2.09. The summed E-state index contributed by atoms with van der Waals surface area (Å²) in [5.74, 6) is -0.290.